The quantitative estimate of drug-likeness (QED) is 0.0455. The number of imidazole rings is 3. The third kappa shape index (κ3) is 7.85. The van der Waals surface area contributed by atoms with E-state index in [0.29, 0.717) is 0 Å². The van der Waals surface area contributed by atoms with Crippen molar-refractivity contribution in [1.82, 2.24) is 58.6 Å². The Bertz CT molecular complexity index is 2910. The first-order valence-corrected chi connectivity index (χ1v) is 22.1. The summed E-state index contributed by atoms with van der Waals surface area (Å²) in [4.78, 5) is 58.1. The van der Waals surface area contributed by atoms with Gasteiger partial charge < -0.3 is 83.9 Å². The van der Waals surface area contributed by atoms with E-state index in [4.69, 9.17) is 66.7 Å². The first-order chi connectivity index (χ1) is 31.3. The second kappa shape index (κ2) is 16.9. The molecule has 0 aromatic carbocycles. The lowest BCUT2D eigenvalue weighted by Crippen LogP contribution is -2.37. The lowest BCUT2D eigenvalue weighted by molar-refractivity contribution is -0.0635. The molecule has 9 rings (SSSR count). The summed E-state index contributed by atoms with van der Waals surface area (Å²) < 4.78 is 69.2. The molecule has 36 heteroatoms. The number of fused-ring (bicyclic) bond motifs is 3. The van der Waals surface area contributed by atoms with Crippen molar-refractivity contribution >= 4 is 84.4 Å². The molecule has 0 aliphatic carbocycles. The third-order valence-corrected chi connectivity index (χ3v) is 12.8. The zero-order chi connectivity index (χ0) is 47.1. The minimum atomic E-state index is -5.40. The number of hydrogen-bond donors (Lipinski definition) is 13. The Kier molecular flexibility index (Phi) is 11.7. The Morgan fingerprint density at radius 1 is 0.530 bits per heavy atom. The second-order valence-electron chi connectivity index (χ2n) is 14.8. The molecule has 3 aliphatic rings. The Morgan fingerprint density at radius 2 is 0.879 bits per heavy atom. The highest BCUT2D eigenvalue weighted by Crippen LogP contribution is 2.53. The van der Waals surface area contributed by atoms with E-state index >= 15 is 0 Å². The number of anilines is 6. The fraction of sp³-hybridized carbons (Fsp3) is 0.500. The Morgan fingerprint density at radius 3 is 1.29 bits per heavy atom. The minimum absolute atomic E-state index is 0.0174. The van der Waals surface area contributed by atoms with Crippen LogP contribution in [0, 0.1) is 0 Å². The van der Waals surface area contributed by atoms with E-state index < -0.39 is 109 Å². The van der Waals surface area contributed by atoms with Gasteiger partial charge in [-0.3, -0.25) is 31.8 Å². The van der Waals surface area contributed by atoms with Gasteiger partial charge in [0.25, 0.3) is 0 Å². The molecule has 3 aliphatic heterocycles. The summed E-state index contributed by atoms with van der Waals surface area (Å²) in [5.74, 6) is -1.17. The molecule has 3 fully saturated rings. The number of phosphoric acid groups is 2. The summed E-state index contributed by atoms with van der Waals surface area (Å²) in [7, 11) is -10.8. The van der Waals surface area contributed by atoms with Crippen molar-refractivity contribution < 1.29 is 76.8 Å². The van der Waals surface area contributed by atoms with Crippen molar-refractivity contribution in [3.8, 4) is 0 Å². The maximum Gasteiger partial charge on any atom is 0.472 e. The number of aliphatic hydroxyl groups is 5. The summed E-state index contributed by atoms with van der Waals surface area (Å²) in [5, 5.41) is 54.3. The van der Waals surface area contributed by atoms with Crippen molar-refractivity contribution in [2.24, 2.45) is 0 Å². The SMILES string of the molecule is Nc1ncnc2c1nc(N)n2[C@@H]1O[C@H](COP(=O)(O)O[C@@H]2[C@H](O)[C@@H](COP(=O)(O)O[C@@H]3[C@H](O)[C@@H](CO)O[C@H]3n3c(N)nc4c(N)ncnc43)O[C@H]2n2c(N)nc3c(N)ncnc32)[C@@H](O)[C@H]1O. The van der Waals surface area contributed by atoms with Gasteiger partial charge in [0.05, 0.1) is 19.8 Å². The van der Waals surface area contributed by atoms with Gasteiger partial charge >= 0.3 is 15.6 Å². The van der Waals surface area contributed by atoms with Gasteiger partial charge in [0.1, 0.15) is 73.9 Å². The van der Waals surface area contributed by atoms with Gasteiger partial charge in [-0.2, -0.15) is 0 Å². The van der Waals surface area contributed by atoms with Crippen LogP contribution in [-0.2, 0) is 41.4 Å². The number of nitrogens with two attached hydrogens (primary N) is 6. The van der Waals surface area contributed by atoms with Crippen LogP contribution >= 0.6 is 15.6 Å². The van der Waals surface area contributed by atoms with Gasteiger partial charge in [0.15, 0.2) is 69.6 Å². The number of aromatic nitrogens is 12. The smallest absolute Gasteiger partial charge is 0.394 e. The molecule has 9 heterocycles. The van der Waals surface area contributed by atoms with Gasteiger partial charge in [-0.1, -0.05) is 0 Å². The zero-order valence-electron chi connectivity index (χ0n) is 33.3. The Labute approximate surface area is 366 Å². The standard InChI is InChI=1S/C30H40N18O16P2/c31-19-10-22(40-4-37-19)46(28(34)43-10)25-16(53)13(50)8(61-25)2-58-65(54,55)64-18-15(52)9(62-27(18)48-24-12(45-30(48)36)21(33)39-6-42-24)3-59-66(56,57)63-17-14(51)7(1-49)60-26(17)47-23-11(44-29(47)35)20(32)38-5-41-23/h4-9,13-18,25-27,49-53H,1-3H2,(H2,34,43)(H2,35,44)(H2,36,45)(H,54,55)(H,56,57)(H2,31,37,40)(H2,32,38,41)(H2,33,39,42)/t7-,8-,9-,13-,14-,15-,16-,17-,18-,25-,26-,27-/m1/s1. The lowest BCUT2D eigenvalue weighted by Gasteiger charge is -2.25. The Hall–Kier alpha value is -5.65. The van der Waals surface area contributed by atoms with Crippen LogP contribution in [0.2, 0.25) is 0 Å². The minimum Gasteiger partial charge on any atom is -0.394 e. The van der Waals surface area contributed by atoms with Crippen LogP contribution in [0.5, 0.6) is 0 Å². The van der Waals surface area contributed by atoms with Crippen LogP contribution in [-0.4, -0.2) is 169 Å². The molecule has 0 spiro atoms. The van der Waals surface area contributed by atoms with Crippen LogP contribution in [0.3, 0.4) is 0 Å². The molecule has 6 aromatic rings. The number of aliphatic hydroxyl groups excluding tert-OH is 5. The molecule has 0 radical (unpaired) electrons. The normalized spacial score (nSPS) is 31.0. The highest BCUT2D eigenvalue weighted by Gasteiger charge is 2.54. The van der Waals surface area contributed by atoms with Crippen LogP contribution in [0.25, 0.3) is 33.5 Å². The molecule has 356 valence electrons. The molecule has 0 saturated carbocycles. The summed E-state index contributed by atoms with van der Waals surface area (Å²) in [6, 6.07) is 0. The fourth-order valence-electron chi connectivity index (χ4n) is 7.73. The summed E-state index contributed by atoms with van der Waals surface area (Å²) in [5.41, 5.74) is 36.0. The monoisotopic (exact) mass is 970 g/mol. The van der Waals surface area contributed by atoms with Crippen molar-refractivity contribution in [2.45, 2.75) is 73.6 Å². The van der Waals surface area contributed by atoms with E-state index in [0.717, 1.165) is 32.7 Å². The molecular weight excluding hydrogens is 930 g/mol. The highest BCUT2D eigenvalue weighted by atomic mass is 31.2. The molecule has 66 heavy (non-hydrogen) atoms. The maximum atomic E-state index is 13.7. The third-order valence-electron chi connectivity index (χ3n) is 10.8. The van der Waals surface area contributed by atoms with E-state index in [1.807, 2.05) is 0 Å². The van der Waals surface area contributed by atoms with E-state index in [9.17, 15) is 44.4 Å². The maximum absolute atomic E-state index is 13.7. The van der Waals surface area contributed by atoms with E-state index in [1.165, 1.54) is 0 Å². The molecule has 19 N–H and O–H groups in total. The molecule has 34 nitrogen and oxygen atoms in total. The predicted molar refractivity (Wildman–Crippen MR) is 217 cm³/mol. The van der Waals surface area contributed by atoms with Crippen LogP contribution in [0.4, 0.5) is 35.3 Å². The van der Waals surface area contributed by atoms with Crippen molar-refractivity contribution in [1.29, 1.82) is 0 Å². The topological polar surface area (TPSA) is 527 Å². The second-order valence-corrected chi connectivity index (χ2v) is 17.6. The van der Waals surface area contributed by atoms with Crippen LogP contribution in [0.15, 0.2) is 19.0 Å². The van der Waals surface area contributed by atoms with E-state index in [2.05, 4.69) is 44.9 Å². The molecule has 0 amide bonds. The number of nitrogen functional groups attached to an aromatic ring is 6. The Balaban J connectivity index is 0.935. The number of ether oxygens (including phenoxy) is 3. The van der Waals surface area contributed by atoms with Crippen molar-refractivity contribution in [3.05, 3.63) is 19.0 Å². The number of nitrogens with zero attached hydrogens (tertiary/aromatic N) is 12. The summed E-state index contributed by atoms with van der Waals surface area (Å²) in [6.07, 6.45) is -17.3. The van der Waals surface area contributed by atoms with Gasteiger partial charge in [-0.15, -0.1) is 0 Å². The molecule has 3 saturated heterocycles. The highest BCUT2D eigenvalue weighted by molar-refractivity contribution is 7.47. The van der Waals surface area contributed by atoms with Gasteiger partial charge in [-0.05, 0) is 0 Å². The molecule has 0 bridgehead atoms. The van der Waals surface area contributed by atoms with Gasteiger partial charge in [0, 0.05) is 0 Å². The van der Waals surface area contributed by atoms with Crippen LogP contribution < -0.4 is 34.4 Å². The van der Waals surface area contributed by atoms with E-state index in [1.54, 1.807) is 0 Å². The number of hydrogen-bond acceptors (Lipinski definition) is 29. The first-order valence-electron chi connectivity index (χ1n) is 19.1. The summed E-state index contributed by atoms with van der Waals surface area (Å²) in [6.45, 7) is -2.74. The largest absolute Gasteiger partial charge is 0.472 e. The molecular formula is C30H40N18O16P2. The average molecular weight is 971 g/mol. The predicted octanol–water partition coefficient (Wildman–Crippen LogP) is -4.87. The van der Waals surface area contributed by atoms with Crippen LogP contribution in [0.1, 0.15) is 18.7 Å². The number of rotatable bonds is 14. The van der Waals surface area contributed by atoms with Gasteiger partial charge in [-0.25, -0.2) is 54.0 Å². The van der Waals surface area contributed by atoms with Gasteiger partial charge in [0.2, 0.25) is 17.8 Å². The van der Waals surface area contributed by atoms with Crippen molar-refractivity contribution in [2.75, 3.05) is 54.2 Å². The average Bonchev–Trinajstić information content (AvgIpc) is 4.09. The summed E-state index contributed by atoms with van der Waals surface area (Å²) >= 11 is 0. The number of phosphoric ester groups is 2. The lowest BCUT2D eigenvalue weighted by atomic mass is 10.1. The molecule has 14 atom stereocenters. The molecule has 2 unspecified atom stereocenters. The zero-order valence-corrected chi connectivity index (χ0v) is 35.1. The van der Waals surface area contributed by atoms with E-state index in [-0.39, 0.29) is 68.8 Å². The first kappa shape index (κ1) is 45.5. The molecule has 6 aromatic heterocycles. The van der Waals surface area contributed by atoms with Crippen molar-refractivity contribution in [3.63, 3.8) is 0 Å². The fourth-order valence-corrected chi connectivity index (χ4v) is 9.60.